The van der Waals surface area contributed by atoms with Gasteiger partial charge >= 0.3 is 5.97 Å². The fourth-order valence-corrected chi connectivity index (χ4v) is 2.78. The first-order valence-electron chi connectivity index (χ1n) is 7.99. The van der Waals surface area contributed by atoms with Crippen LogP contribution in [0.2, 0.25) is 5.15 Å². The third kappa shape index (κ3) is 4.79. The van der Waals surface area contributed by atoms with E-state index in [0.717, 1.165) is 12.8 Å². The Hall–Kier alpha value is -1.92. The van der Waals surface area contributed by atoms with E-state index in [2.05, 4.69) is 10.3 Å². The number of esters is 1. The lowest BCUT2D eigenvalue weighted by Gasteiger charge is -2.25. The van der Waals surface area contributed by atoms with Crippen LogP contribution in [0.15, 0.2) is 30.1 Å². The highest BCUT2D eigenvalue weighted by Gasteiger charge is 2.25. The van der Waals surface area contributed by atoms with Gasteiger partial charge in [0.1, 0.15) is 10.7 Å². The molecule has 1 aliphatic rings. The summed E-state index contributed by atoms with van der Waals surface area (Å²) in [5.74, 6) is -1.24. The van der Waals surface area contributed by atoms with Crippen molar-refractivity contribution in [3.63, 3.8) is 0 Å². The monoisotopic (exact) mass is 352 g/mol. The molecule has 0 radical (unpaired) electrons. The molecule has 130 valence electrons. The largest absolute Gasteiger partial charge is 0.462 e. The van der Waals surface area contributed by atoms with Crippen LogP contribution in [-0.2, 0) is 9.53 Å². The zero-order chi connectivity index (χ0) is 17.5. The van der Waals surface area contributed by atoms with Crippen molar-refractivity contribution < 1.29 is 19.4 Å². The molecule has 1 aliphatic carbocycles. The fourth-order valence-electron chi connectivity index (χ4n) is 2.57. The summed E-state index contributed by atoms with van der Waals surface area (Å²) in [6.45, 7) is 1.84. The van der Waals surface area contributed by atoms with Crippen molar-refractivity contribution in [3.8, 4) is 0 Å². The highest BCUT2D eigenvalue weighted by atomic mass is 35.5. The number of hydrogen-bond acceptors (Lipinski definition) is 6. The van der Waals surface area contributed by atoms with Crippen LogP contribution in [-0.4, -0.2) is 40.6 Å². The Morgan fingerprint density at radius 2 is 2.12 bits per heavy atom. The maximum Gasteiger partial charge on any atom is 0.343 e. The van der Waals surface area contributed by atoms with Gasteiger partial charge in [-0.15, -0.1) is 0 Å². The van der Waals surface area contributed by atoms with Crippen molar-refractivity contribution in [2.24, 2.45) is 0 Å². The van der Waals surface area contributed by atoms with Gasteiger partial charge in [-0.25, -0.2) is 9.78 Å². The first-order valence-corrected chi connectivity index (χ1v) is 8.37. The van der Waals surface area contributed by atoms with Crippen LogP contribution >= 0.6 is 11.6 Å². The first-order chi connectivity index (χ1) is 11.5. The molecule has 0 unspecified atom stereocenters. The Bertz CT molecular complexity index is 625. The molecule has 1 saturated carbocycles. The summed E-state index contributed by atoms with van der Waals surface area (Å²) < 4.78 is 4.97. The van der Waals surface area contributed by atoms with E-state index in [1.807, 2.05) is 0 Å². The lowest BCUT2D eigenvalue weighted by Crippen LogP contribution is -2.32. The average molecular weight is 353 g/mol. The number of aromatic nitrogens is 1. The number of ether oxygens (including phenoxy) is 1. The Labute approximate surface area is 145 Å². The number of rotatable bonds is 6. The lowest BCUT2D eigenvalue weighted by atomic mass is 9.93. The van der Waals surface area contributed by atoms with E-state index in [-0.39, 0.29) is 35.0 Å². The van der Waals surface area contributed by atoms with Crippen LogP contribution in [0.25, 0.3) is 0 Å². The Kier molecular flexibility index (Phi) is 6.75. The highest BCUT2D eigenvalue weighted by Crippen LogP contribution is 2.20. The number of nitrogens with zero attached hydrogens (tertiary/aromatic N) is 1. The molecule has 0 spiro atoms. The predicted octanol–water partition coefficient (Wildman–Crippen LogP) is 2.26. The molecule has 1 fully saturated rings. The molecular formula is C17H21ClN2O4. The minimum atomic E-state index is -0.703. The zero-order valence-electron chi connectivity index (χ0n) is 13.5. The van der Waals surface area contributed by atoms with Crippen LogP contribution in [0.1, 0.15) is 43.0 Å². The van der Waals surface area contributed by atoms with Gasteiger partial charge in [0.25, 0.3) is 0 Å². The van der Waals surface area contributed by atoms with E-state index in [4.69, 9.17) is 16.3 Å². The lowest BCUT2D eigenvalue weighted by molar-refractivity contribution is -0.138. The summed E-state index contributed by atoms with van der Waals surface area (Å²) in [7, 11) is 0. The molecule has 0 atom stereocenters. The second kappa shape index (κ2) is 8.80. The van der Waals surface area contributed by atoms with Gasteiger partial charge in [-0.05, 0) is 44.7 Å². The van der Waals surface area contributed by atoms with Crippen LogP contribution in [0, 0.1) is 0 Å². The Balaban J connectivity index is 2.18. The van der Waals surface area contributed by atoms with E-state index in [1.165, 1.54) is 18.5 Å². The van der Waals surface area contributed by atoms with E-state index in [0.29, 0.717) is 12.8 Å². The molecule has 0 saturated heterocycles. The number of ketones is 1. The molecule has 0 bridgehead atoms. The van der Waals surface area contributed by atoms with E-state index in [1.54, 1.807) is 13.0 Å². The van der Waals surface area contributed by atoms with Gasteiger partial charge in [0.2, 0.25) is 5.78 Å². The van der Waals surface area contributed by atoms with Gasteiger partial charge in [0.15, 0.2) is 0 Å². The van der Waals surface area contributed by atoms with Crippen molar-refractivity contribution in [2.75, 3.05) is 6.61 Å². The molecular weight excluding hydrogens is 332 g/mol. The molecule has 0 aliphatic heterocycles. The zero-order valence-corrected chi connectivity index (χ0v) is 14.3. The molecule has 2 N–H and O–H groups in total. The van der Waals surface area contributed by atoms with Crippen molar-refractivity contribution in [3.05, 3.63) is 40.8 Å². The summed E-state index contributed by atoms with van der Waals surface area (Å²) in [5.41, 5.74) is 0.0391. The SMILES string of the molecule is CCOC(=O)C(=CNC1CCC(O)CC1)C(=O)c1cccnc1Cl. The van der Waals surface area contributed by atoms with Crippen LogP contribution in [0.3, 0.4) is 0 Å². The van der Waals surface area contributed by atoms with Gasteiger partial charge in [-0.2, -0.15) is 0 Å². The molecule has 24 heavy (non-hydrogen) atoms. The third-order valence-electron chi connectivity index (χ3n) is 3.90. The van der Waals surface area contributed by atoms with Gasteiger partial charge in [-0.3, -0.25) is 4.79 Å². The van der Waals surface area contributed by atoms with Crippen molar-refractivity contribution in [2.45, 2.75) is 44.8 Å². The molecule has 1 aromatic rings. The second-order valence-corrected chi connectivity index (χ2v) is 5.98. The summed E-state index contributed by atoms with van der Waals surface area (Å²) in [4.78, 5) is 28.6. The number of carbonyl (C=O) groups is 2. The van der Waals surface area contributed by atoms with Crippen molar-refractivity contribution in [1.82, 2.24) is 10.3 Å². The third-order valence-corrected chi connectivity index (χ3v) is 4.20. The number of aliphatic hydroxyl groups is 1. The Morgan fingerprint density at radius 3 is 2.75 bits per heavy atom. The average Bonchev–Trinajstić information content (AvgIpc) is 2.57. The molecule has 2 rings (SSSR count). The van der Waals surface area contributed by atoms with Crippen LogP contribution in [0.5, 0.6) is 0 Å². The molecule has 0 amide bonds. The molecule has 0 aromatic carbocycles. The highest BCUT2D eigenvalue weighted by molar-refractivity contribution is 6.35. The summed E-state index contributed by atoms with van der Waals surface area (Å²) >= 11 is 5.95. The molecule has 1 heterocycles. The normalized spacial score (nSPS) is 21.2. The number of pyridine rings is 1. The number of halogens is 1. The van der Waals surface area contributed by atoms with Gasteiger partial charge < -0.3 is 15.2 Å². The summed E-state index contributed by atoms with van der Waals surface area (Å²) in [6.07, 6.45) is 5.54. The van der Waals surface area contributed by atoms with Gasteiger partial charge in [0.05, 0.1) is 18.3 Å². The minimum absolute atomic E-state index is 0.0403. The fraction of sp³-hybridized carbons (Fsp3) is 0.471. The summed E-state index contributed by atoms with van der Waals surface area (Å²) in [5, 5.41) is 12.7. The maximum absolute atomic E-state index is 12.6. The number of hydrogen-bond donors (Lipinski definition) is 2. The Morgan fingerprint density at radius 1 is 1.42 bits per heavy atom. The predicted molar refractivity (Wildman–Crippen MR) is 89.7 cm³/mol. The van der Waals surface area contributed by atoms with E-state index < -0.39 is 11.8 Å². The number of nitrogens with one attached hydrogen (secondary N) is 1. The molecule has 7 heteroatoms. The number of Topliss-reactive ketones (excluding diaryl/α,β-unsaturated/α-hetero) is 1. The number of aliphatic hydroxyl groups excluding tert-OH is 1. The van der Waals surface area contributed by atoms with Crippen LogP contribution < -0.4 is 5.32 Å². The quantitative estimate of drug-likeness (QED) is 0.204. The molecule has 6 nitrogen and oxygen atoms in total. The van der Waals surface area contributed by atoms with E-state index >= 15 is 0 Å². The smallest absolute Gasteiger partial charge is 0.343 e. The topological polar surface area (TPSA) is 88.5 Å². The van der Waals surface area contributed by atoms with Gasteiger partial charge in [0, 0.05) is 18.4 Å². The standard InChI is InChI=1S/C17H21ClN2O4/c1-2-24-17(23)14(10-20-11-5-7-12(21)8-6-11)15(22)13-4-3-9-19-16(13)18/h3-4,9-12,20-21H,2,5-8H2,1H3. The first kappa shape index (κ1) is 18.4. The maximum atomic E-state index is 12.6. The molecule has 1 aromatic heterocycles. The minimum Gasteiger partial charge on any atom is -0.462 e. The van der Waals surface area contributed by atoms with Crippen LogP contribution in [0.4, 0.5) is 0 Å². The number of carbonyl (C=O) groups excluding carboxylic acids is 2. The van der Waals surface area contributed by atoms with Crippen molar-refractivity contribution >= 4 is 23.4 Å². The van der Waals surface area contributed by atoms with E-state index in [9.17, 15) is 14.7 Å². The van der Waals surface area contributed by atoms with Crippen molar-refractivity contribution in [1.29, 1.82) is 0 Å². The summed E-state index contributed by atoms with van der Waals surface area (Å²) in [6, 6.07) is 3.20. The second-order valence-electron chi connectivity index (χ2n) is 5.62. The van der Waals surface area contributed by atoms with Gasteiger partial charge in [-0.1, -0.05) is 11.6 Å².